The molecule has 0 aliphatic carbocycles. The van der Waals surface area contributed by atoms with Crippen LogP contribution in [-0.2, 0) is 4.74 Å². The van der Waals surface area contributed by atoms with E-state index in [1.165, 1.54) is 18.5 Å². The van der Waals surface area contributed by atoms with Gasteiger partial charge in [-0.05, 0) is 44.4 Å². The topological polar surface area (TPSA) is 34.1 Å². The Morgan fingerprint density at radius 2 is 2.37 bits per heavy atom. The van der Waals surface area contributed by atoms with Crippen molar-refractivity contribution in [1.82, 2.24) is 10.3 Å². The monoisotopic (exact) mass is 262 g/mol. The van der Waals surface area contributed by atoms with Gasteiger partial charge in [0.1, 0.15) is 0 Å². The van der Waals surface area contributed by atoms with E-state index in [1.54, 1.807) is 0 Å². The van der Waals surface area contributed by atoms with Gasteiger partial charge in [-0.3, -0.25) is 4.98 Å². The Morgan fingerprint density at radius 3 is 3.00 bits per heavy atom. The lowest BCUT2D eigenvalue weighted by Gasteiger charge is -2.25. The largest absolute Gasteiger partial charge is 0.378 e. The van der Waals surface area contributed by atoms with Gasteiger partial charge in [0.05, 0.1) is 6.10 Å². The van der Waals surface area contributed by atoms with Gasteiger partial charge < -0.3 is 10.1 Å². The van der Waals surface area contributed by atoms with Gasteiger partial charge in [0.15, 0.2) is 0 Å². The number of hydrogen-bond acceptors (Lipinski definition) is 3. The molecule has 19 heavy (non-hydrogen) atoms. The Kier molecular flexibility index (Phi) is 5.80. The van der Waals surface area contributed by atoms with E-state index in [0.29, 0.717) is 18.1 Å². The second-order valence-corrected chi connectivity index (χ2v) is 5.42. The summed E-state index contributed by atoms with van der Waals surface area (Å²) in [5, 5.41) is 3.61. The summed E-state index contributed by atoms with van der Waals surface area (Å²) in [5.41, 5.74) is 1.18. The lowest BCUT2D eigenvalue weighted by Crippen LogP contribution is -2.34. The van der Waals surface area contributed by atoms with Crippen molar-refractivity contribution in [2.45, 2.75) is 57.6 Å². The van der Waals surface area contributed by atoms with Gasteiger partial charge in [0, 0.05) is 30.5 Å². The molecule has 2 heterocycles. The Labute approximate surface area is 116 Å². The molecule has 3 heteroatoms. The van der Waals surface area contributed by atoms with Gasteiger partial charge >= 0.3 is 0 Å². The van der Waals surface area contributed by atoms with E-state index in [1.807, 2.05) is 12.3 Å². The highest BCUT2D eigenvalue weighted by Gasteiger charge is 2.22. The lowest BCUT2D eigenvalue weighted by atomic mass is 9.92. The number of nitrogens with zero attached hydrogens (tertiary/aromatic N) is 1. The Bertz CT molecular complexity index is 349. The van der Waals surface area contributed by atoms with E-state index in [-0.39, 0.29) is 0 Å². The van der Waals surface area contributed by atoms with Crippen molar-refractivity contribution in [3.63, 3.8) is 0 Å². The summed E-state index contributed by atoms with van der Waals surface area (Å²) in [6.45, 7) is 6.40. The van der Waals surface area contributed by atoms with E-state index >= 15 is 0 Å². The zero-order valence-electron chi connectivity index (χ0n) is 12.1. The normalized spacial score (nSPS) is 22.3. The molecule has 0 spiro atoms. The summed E-state index contributed by atoms with van der Waals surface area (Å²) in [6.07, 6.45) is 7.15. The Balaban J connectivity index is 1.90. The van der Waals surface area contributed by atoms with Crippen molar-refractivity contribution in [3.8, 4) is 0 Å². The average molecular weight is 262 g/mol. The van der Waals surface area contributed by atoms with Gasteiger partial charge in [-0.25, -0.2) is 0 Å². The van der Waals surface area contributed by atoms with Gasteiger partial charge in [-0.1, -0.05) is 19.9 Å². The Morgan fingerprint density at radius 1 is 1.47 bits per heavy atom. The van der Waals surface area contributed by atoms with Crippen LogP contribution in [0.1, 0.15) is 51.1 Å². The molecule has 0 aromatic carbocycles. The van der Waals surface area contributed by atoms with Gasteiger partial charge in [0.2, 0.25) is 0 Å². The van der Waals surface area contributed by atoms with Crippen LogP contribution in [0.2, 0.25) is 0 Å². The predicted octanol–water partition coefficient (Wildman–Crippen LogP) is 3.12. The maximum Gasteiger partial charge on any atom is 0.0576 e. The molecule has 2 rings (SSSR count). The molecule has 0 bridgehead atoms. The standard InChI is InChI=1S/C16H26N2O/c1-3-17-16(10-9-14-7-6-12-19-14)13(2)15-8-4-5-11-18-15/h4-5,8,11,13-14,16-17H,3,6-7,9-10,12H2,1-2H3. The fourth-order valence-electron chi connectivity index (χ4n) is 2.88. The van der Waals surface area contributed by atoms with Crippen molar-refractivity contribution in [2.75, 3.05) is 13.2 Å². The maximum absolute atomic E-state index is 5.72. The summed E-state index contributed by atoms with van der Waals surface area (Å²) < 4.78 is 5.72. The van der Waals surface area contributed by atoms with Gasteiger partial charge in [-0.2, -0.15) is 0 Å². The molecular formula is C16H26N2O. The van der Waals surface area contributed by atoms with Crippen LogP contribution in [0, 0.1) is 0 Å². The number of pyridine rings is 1. The molecule has 3 unspecified atom stereocenters. The fraction of sp³-hybridized carbons (Fsp3) is 0.688. The summed E-state index contributed by atoms with van der Waals surface area (Å²) in [6, 6.07) is 6.66. The highest BCUT2D eigenvalue weighted by molar-refractivity contribution is 5.11. The van der Waals surface area contributed by atoms with Crippen LogP contribution in [0.5, 0.6) is 0 Å². The average Bonchev–Trinajstić information content (AvgIpc) is 2.97. The molecular weight excluding hydrogens is 236 g/mol. The fourth-order valence-corrected chi connectivity index (χ4v) is 2.88. The van der Waals surface area contributed by atoms with E-state index in [0.717, 1.165) is 26.0 Å². The van der Waals surface area contributed by atoms with E-state index in [4.69, 9.17) is 4.74 Å². The molecule has 1 N–H and O–H groups in total. The highest BCUT2D eigenvalue weighted by atomic mass is 16.5. The minimum Gasteiger partial charge on any atom is -0.378 e. The SMILES string of the molecule is CCNC(CCC1CCCO1)C(C)c1ccccn1. The molecule has 1 aromatic heterocycles. The van der Waals surface area contributed by atoms with Crippen molar-refractivity contribution < 1.29 is 4.74 Å². The molecule has 106 valence electrons. The predicted molar refractivity (Wildman–Crippen MR) is 78.3 cm³/mol. The minimum atomic E-state index is 0.447. The first kappa shape index (κ1) is 14.5. The summed E-state index contributed by atoms with van der Waals surface area (Å²) in [7, 11) is 0. The van der Waals surface area contributed by atoms with Crippen LogP contribution in [0.4, 0.5) is 0 Å². The highest BCUT2D eigenvalue weighted by Crippen LogP contribution is 2.24. The number of likely N-dealkylation sites (N-methyl/N-ethyl adjacent to an activating group) is 1. The molecule has 1 saturated heterocycles. The first-order valence-electron chi connectivity index (χ1n) is 7.57. The number of nitrogens with one attached hydrogen (secondary N) is 1. The third kappa shape index (κ3) is 4.29. The smallest absolute Gasteiger partial charge is 0.0576 e. The molecule has 3 nitrogen and oxygen atoms in total. The summed E-state index contributed by atoms with van der Waals surface area (Å²) in [5.74, 6) is 0.447. The van der Waals surface area contributed by atoms with Crippen LogP contribution >= 0.6 is 0 Å². The quantitative estimate of drug-likeness (QED) is 0.820. The molecule has 1 aliphatic rings. The van der Waals surface area contributed by atoms with Crippen molar-refractivity contribution in [1.29, 1.82) is 0 Å². The molecule has 0 radical (unpaired) electrons. The maximum atomic E-state index is 5.72. The molecule has 1 aliphatic heterocycles. The zero-order valence-corrected chi connectivity index (χ0v) is 12.1. The molecule has 0 saturated carbocycles. The van der Waals surface area contributed by atoms with Crippen molar-refractivity contribution >= 4 is 0 Å². The summed E-state index contributed by atoms with van der Waals surface area (Å²) >= 11 is 0. The van der Waals surface area contributed by atoms with Crippen molar-refractivity contribution in [3.05, 3.63) is 30.1 Å². The van der Waals surface area contributed by atoms with Gasteiger partial charge in [0.25, 0.3) is 0 Å². The second kappa shape index (κ2) is 7.61. The van der Waals surface area contributed by atoms with E-state index in [2.05, 4.69) is 36.3 Å². The molecule has 1 aromatic rings. The zero-order chi connectivity index (χ0) is 13.5. The van der Waals surface area contributed by atoms with Gasteiger partial charge in [-0.15, -0.1) is 0 Å². The van der Waals surface area contributed by atoms with E-state index in [9.17, 15) is 0 Å². The molecule has 3 atom stereocenters. The van der Waals surface area contributed by atoms with Crippen LogP contribution in [0.25, 0.3) is 0 Å². The van der Waals surface area contributed by atoms with Crippen LogP contribution in [-0.4, -0.2) is 30.3 Å². The van der Waals surface area contributed by atoms with Crippen LogP contribution < -0.4 is 5.32 Å². The van der Waals surface area contributed by atoms with Crippen LogP contribution in [0.3, 0.4) is 0 Å². The summed E-state index contributed by atoms with van der Waals surface area (Å²) in [4.78, 5) is 4.49. The molecule has 0 amide bonds. The first-order valence-corrected chi connectivity index (χ1v) is 7.57. The second-order valence-electron chi connectivity index (χ2n) is 5.42. The number of hydrogen-bond donors (Lipinski definition) is 1. The minimum absolute atomic E-state index is 0.447. The first-order chi connectivity index (χ1) is 9.31. The third-order valence-corrected chi connectivity index (χ3v) is 4.05. The number of rotatable bonds is 7. The third-order valence-electron chi connectivity index (χ3n) is 4.05. The number of ether oxygens (including phenoxy) is 1. The molecule has 1 fully saturated rings. The lowest BCUT2D eigenvalue weighted by molar-refractivity contribution is 0.0988. The Hall–Kier alpha value is -0.930. The van der Waals surface area contributed by atoms with E-state index < -0.39 is 0 Å². The van der Waals surface area contributed by atoms with Crippen molar-refractivity contribution in [2.24, 2.45) is 0 Å². The van der Waals surface area contributed by atoms with Crippen LogP contribution in [0.15, 0.2) is 24.4 Å². The number of aromatic nitrogens is 1.